The lowest BCUT2D eigenvalue weighted by Gasteiger charge is -2.10. The van der Waals surface area contributed by atoms with Crippen molar-refractivity contribution in [3.05, 3.63) is 63.3 Å². The molecule has 0 unspecified atom stereocenters. The predicted molar refractivity (Wildman–Crippen MR) is 120 cm³/mol. The highest BCUT2D eigenvalue weighted by Crippen LogP contribution is 2.34. The van der Waals surface area contributed by atoms with Crippen LogP contribution in [0.4, 0.5) is 5.69 Å². The number of aryl methyl sites for hydroxylation is 1. The molecule has 0 radical (unpaired) electrons. The molecule has 1 N–H and O–H groups in total. The highest BCUT2D eigenvalue weighted by atomic mass is 32.2. The van der Waals surface area contributed by atoms with Crippen molar-refractivity contribution in [1.82, 2.24) is 9.55 Å². The van der Waals surface area contributed by atoms with E-state index in [1.54, 1.807) is 23.5 Å². The highest BCUT2D eigenvalue weighted by molar-refractivity contribution is 7.90. The van der Waals surface area contributed by atoms with Crippen LogP contribution in [0.2, 0.25) is 0 Å². The van der Waals surface area contributed by atoms with E-state index in [9.17, 15) is 18.0 Å². The maximum Gasteiger partial charge on any atom is 0.263 e. The first kappa shape index (κ1) is 20.5. The summed E-state index contributed by atoms with van der Waals surface area (Å²) in [6.45, 7) is 1.72. The molecule has 7 nitrogen and oxygen atoms in total. The van der Waals surface area contributed by atoms with Gasteiger partial charge in [0.1, 0.15) is 11.4 Å². The SMILES string of the molecule is Cc1ccc(-c2csc3ncn(CC(=O)Nc4ccccc4S(C)(=O)=O)c(=O)c23)s1. The minimum atomic E-state index is -3.51. The van der Waals surface area contributed by atoms with Crippen LogP contribution in [0.3, 0.4) is 0 Å². The number of nitrogens with one attached hydrogen (secondary N) is 1. The Hall–Kier alpha value is -2.82. The first-order valence-corrected chi connectivity index (χ1v) is 12.4. The number of nitrogens with zero attached hydrogens (tertiary/aromatic N) is 2. The van der Waals surface area contributed by atoms with Gasteiger partial charge in [0.25, 0.3) is 5.56 Å². The Bertz CT molecular complexity index is 1430. The number of carbonyl (C=O) groups is 1. The van der Waals surface area contributed by atoms with Gasteiger partial charge in [-0.3, -0.25) is 14.2 Å². The Morgan fingerprint density at radius 1 is 1.20 bits per heavy atom. The van der Waals surface area contributed by atoms with Crippen LogP contribution in [-0.4, -0.2) is 30.1 Å². The van der Waals surface area contributed by atoms with Crippen molar-refractivity contribution < 1.29 is 13.2 Å². The Balaban J connectivity index is 1.66. The van der Waals surface area contributed by atoms with E-state index < -0.39 is 15.7 Å². The molecular weight excluding hydrogens is 442 g/mol. The monoisotopic (exact) mass is 459 g/mol. The van der Waals surface area contributed by atoms with Gasteiger partial charge < -0.3 is 5.32 Å². The molecule has 4 rings (SSSR count). The van der Waals surface area contributed by atoms with Crippen LogP contribution in [-0.2, 0) is 21.2 Å². The van der Waals surface area contributed by atoms with Crippen LogP contribution < -0.4 is 10.9 Å². The Morgan fingerprint density at radius 2 is 1.97 bits per heavy atom. The molecular formula is C20H17N3O4S3. The van der Waals surface area contributed by atoms with Gasteiger partial charge in [-0.25, -0.2) is 13.4 Å². The molecule has 3 heterocycles. The number of carbonyl (C=O) groups excluding carboxylic acids is 1. The van der Waals surface area contributed by atoms with E-state index in [2.05, 4.69) is 10.3 Å². The summed E-state index contributed by atoms with van der Waals surface area (Å²) in [5, 5.41) is 4.96. The van der Waals surface area contributed by atoms with Crippen molar-refractivity contribution in [3.63, 3.8) is 0 Å². The van der Waals surface area contributed by atoms with Crippen molar-refractivity contribution in [2.45, 2.75) is 18.4 Å². The maximum atomic E-state index is 13.1. The molecule has 0 aliphatic carbocycles. The molecule has 0 saturated heterocycles. The van der Waals surface area contributed by atoms with Crippen molar-refractivity contribution in [2.75, 3.05) is 11.6 Å². The third-order valence-electron chi connectivity index (χ3n) is 4.44. The van der Waals surface area contributed by atoms with Gasteiger partial charge in [-0.15, -0.1) is 22.7 Å². The summed E-state index contributed by atoms with van der Waals surface area (Å²) in [4.78, 5) is 32.7. The summed E-state index contributed by atoms with van der Waals surface area (Å²) in [6, 6.07) is 10.1. The molecule has 3 aromatic heterocycles. The second kappa shape index (κ2) is 7.78. The fourth-order valence-electron chi connectivity index (χ4n) is 3.08. The maximum absolute atomic E-state index is 13.1. The molecule has 0 fully saturated rings. The van der Waals surface area contributed by atoms with Gasteiger partial charge in [0.15, 0.2) is 9.84 Å². The molecule has 0 saturated carbocycles. The third kappa shape index (κ3) is 3.93. The van der Waals surface area contributed by atoms with E-state index in [0.29, 0.717) is 10.2 Å². The number of aromatic nitrogens is 2. The summed E-state index contributed by atoms with van der Waals surface area (Å²) >= 11 is 2.97. The lowest BCUT2D eigenvalue weighted by atomic mass is 10.2. The number of amides is 1. The average molecular weight is 460 g/mol. The smallest absolute Gasteiger partial charge is 0.263 e. The number of para-hydroxylation sites is 1. The number of sulfone groups is 1. The fourth-order valence-corrected chi connectivity index (χ4v) is 5.78. The molecule has 4 aromatic rings. The number of benzene rings is 1. The van der Waals surface area contributed by atoms with Gasteiger partial charge in [0, 0.05) is 27.0 Å². The zero-order valence-corrected chi connectivity index (χ0v) is 18.5. The minimum absolute atomic E-state index is 0.0208. The summed E-state index contributed by atoms with van der Waals surface area (Å²) in [5.41, 5.74) is 0.675. The van der Waals surface area contributed by atoms with Crippen LogP contribution in [0.1, 0.15) is 4.88 Å². The summed E-state index contributed by atoms with van der Waals surface area (Å²) in [7, 11) is -3.51. The first-order valence-electron chi connectivity index (χ1n) is 8.86. The molecule has 10 heteroatoms. The van der Waals surface area contributed by atoms with Crippen molar-refractivity contribution in [1.29, 1.82) is 0 Å². The average Bonchev–Trinajstić information content (AvgIpc) is 3.30. The Labute approximate surface area is 180 Å². The molecule has 0 aliphatic rings. The molecule has 154 valence electrons. The number of rotatable bonds is 5. The molecule has 0 atom stereocenters. The van der Waals surface area contributed by atoms with E-state index in [0.717, 1.165) is 21.6 Å². The highest BCUT2D eigenvalue weighted by Gasteiger charge is 2.18. The predicted octanol–water partition coefficient (Wildman–Crippen LogP) is 3.54. The molecule has 1 amide bonds. The second-order valence-electron chi connectivity index (χ2n) is 6.73. The summed E-state index contributed by atoms with van der Waals surface area (Å²) < 4.78 is 25.1. The fraction of sp³-hybridized carbons (Fsp3) is 0.150. The zero-order chi connectivity index (χ0) is 21.5. The van der Waals surface area contributed by atoms with Gasteiger partial charge in [-0.1, -0.05) is 12.1 Å². The standard InChI is InChI=1S/C20H17N3O4S3/c1-12-7-8-15(29-12)13-10-28-19-18(13)20(25)23(11-21-19)9-17(24)22-14-5-3-4-6-16(14)30(2,26)27/h3-8,10-11H,9H2,1-2H3,(H,22,24). The second-order valence-corrected chi connectivity index (χ2v) is 10.9. The lowest BCUT2D eigenvalue weighted by molar-refractivity contribution is -0.116. The van der Waals surface area contributed by atoms with E-state index in [1.807, 2.05) is 24.4 Å². The van der Waals surface area contributed by atoms with Gasteiger partial charge in [0.2, 0.25) is 5.91 Å². The van der Waals surface area contributed by atoms with Crippen LogP contribution in [0.15, 0.2) is 57.8 Å². The van der Waals surface area contributed by atoms with Gasteiger partial charge >= 0.3 is 0 Å². The molecule has 0 spiro atoms. The Morgan fingerprint density at radius 3 is 2.67 bits per heavy atom. The number of hydrogen-bond acceptors (Lipinski definition) is 7. The zero-order valence-electron chi connectivity index (χ0n) is 16.1. The number of hydrogen-bond donors (Lipinski definition) is 1. The van der Waals surface area contributed by atoms with Crippen LogP contribution in [0.25, 0.3) is 20.7 Å². The summed E-state index contributed by atoms with van der Waals surface area (Å²) in [5.74, 6) is -0.516. The molecule has 1 aromatic carbocycles. The largest absolute Gasteiger partial charge is 0.323 e. The van der Waals surface area contributed by atoms with Crippen molar-refractivity contribution in [2.24, 2.45) is 0 Å². The third-order valence-corrected chi connectivity index (χ3v) is 7.52. The van der Waals surface area contributed by atoms with Crippen LogP contribution in [0.5, 0.6) is 0 Å². The van der Waals surface area contributed by atoms with Crippen molar-refractivity contribution >= 4 is 54.3 Å². The molecule has 0 aliphatic heterocycles. The minimum Gasteiger partial charge on any atom is -0.323 e. The van der Waals surface area contributed by atoms with E-state index in [-0.39, 0.29) is 22.7 Å². The lowest BCUT2D eigenvalue weighted by Crippen LogP contribution is -2.28. The van der Waals surface area contributed by atoms with Gasteiger partial charge in [-0.05, 0) is 31.2 Å². The normalized spacial score (nSPS) is 11.7. The molecule has 30 heavy (non-hydrogen) atoms. The number of thiophene rings is 2. The summed E-state index contributed by atoms with van der Waals surface area (Å²) in [6.07, 6.45) is 2.41. The Kier molecular flexibility index (Phi) is 5.31. The van der Waals surface area contributed by atoms with Crippen molar-refractivity contribution in [3.8, 4) is 10.4 Å². The van der Waals surface area contributed by atoms with E-state index >= 15 is 0 Å². The number of fused-ring (bicyclic) bond motifs is 1. The quantitative estimate of drug-likeness (QED) is 0.492. The molecule has 0 bridgehead atoms. The van der Waals surface area contributed by atoms with E-state index in [1.165, 1.54) is 34.4 Å². The number of anilines is 1. The van der Waals surface area contributed by atoms with Gasteiger partial charge in [0.05, 0.1) is 22.3 Å². The van der Waals surface area contributed by atoms with Gasteiger partial charge in [-0.2, -0.15) is 0 Å². The van der Waals surface area contributed by atoms with Crippen LogP contribution in [0, 0.1) is 6.92 Å². The van der Waals surface area contributed by atoms with E-state index in [4.69, 9.17) is 0 Å². The first-order chi connectivity index (χ1) is 14.2. The topological polar surface area (TPSA) is 98.1 Å². The van der Waals surface area contributed by atoms with Crippen LogP contribution >= 0.6 is 22.7 Å².